The lowest BCUT2D eigenvalue weighted by Crippen LogP contribution is -2.49. The fraction of sp³-hybridized carbons (Fsp3) is 0.667. The average Bonchev–Trinajstić information content (AvgIpc) is 2.67. The maximum absolute atomic E-state index is 5.87. The van der Waals surface area contributed by atoms with E-state index >= 15 is 0 Å². The van der Waals surface area contributed by atoms with E-state index < -0.39 is 0 Å². The van der Waals surface area contributed by atoms with Crippen molar-refractivity contribution in [2.45, 2.75) is 57.2 Å². The molecule has 2 aliphatic heterocycles. The Kier molecular flexibility index (Phi) is 3.12. The molecular formula is C15H22N2O. The molecule has 0 radical (unpaired) electrons. The summed E-state index contributed by atoms with van der Waals surface area (Å²) in [5.41, 5.74) is 2.48. The van der Waals surface area contributed by atoms with Crippen LogP contribution in [0.4, 0.5) is 0 Å². The number of hydrogen-bond donors (Lipinski definition) is 1. The predicted molar refractivity (Wildman–Crippen MR) is 71.5 cm³/mol. The third-order valence-corrected chi connectivity index (χ3v) is 4.33. The summed E-state index contributed by atoms with van der Waals surface area (Å²) in [4.78, 5) is 4.65. The molecule has 0 spiro atoms. The van der Waals surface area contributed by atoms with E-state index in [0.29, 0.717) is 12.1 Å². The van der Waals surface area contributed by atoms with Crippen molar-refractivity contribution in [1.82, 2.24) is 10.3 Å². The van der Waals surface area contributed by atoms with Crippen molar-refractivity contribution in [2.75, 3.05) is 6.61 Å². The van der Waals surface area contributed by atoms with Crippen LogP contribution in [-0.2, 0) is 10.3 Å². The number of nitrogens with one attached hydrogen (secondary N) is 1. The number of pyridine rings is 1. The molecule has 3 heterocycles. The van der Waals surface area contributed by atoms with Crippen LogP contribution in [0.3, 0.4) is 0 Å². The third kappa shape index (κ3) is 2.06. The van der Waals surface area contributed by atoms with E-state index in [1.807, 2.05) is 6.20 Å². The molecule has 1 aromatic rings. The molecule has 2 aliphatic rings. The number of fused-ring (bicyclic) bond motifs is 2. The quantitative estimate of drug-likeness (QED) is 0.890. The molecule has 2 fully saturated rings. The minimum atomic E-state index is 0.0659. The van der Waals surface area contributed by atoms with Gasteiger partial charge >= 0.3 is 0 Å². The maximum atomic E-state index is 5.87. The Hall–Kier alpha value is -0.930. The van der Waals surface area contributed by atoms with Gasteiger partial charge in [0.05, 0.1) is 17.3 Å². The van der Waals surface area contributed by atoms with E-state index in [4.69, 9.17) is 4.74 Å². The molecule has 3 rings (SSSR count). The van der Waals surface area contributed by atoms with Crippen molar-refractivity contribution in [3.8, 4) is 0 Å². The van der Waals surface area contributed by atoms with Gasteiger partial charge in [-0.2, -0.15) is 0 Å². The minimum absolute atomic E-state index is 0.0659. The highest BCUT2D eigenvalue weighted by atomic mass is 16.5. The molecule has 2 saturated heterocycles. The van der Waals surface area contributed by atoms with Crippen LogP contribution in [0.2, 0.25) is 0 Å². The molecule has 0 aliphatic carbocycles. The normalized spacial score (nSPS) is 34.8. The van der Waals surface area contributed by atoms with Gasteiger partial charge in [0.2, 0.25) is 0 Å². The first kappa shape index (κ1) is 12.1. The highest BCUT2D eigenvalue weighted by molar-refractivity contribution is 5.23. The Bertz CT molecular complexity index is 417. The van der Waals surface area contributed by atoms with Crippen LogP contribution in [0, 0.1) is 6.92 Å². The van der Waals surface area contributed by atoms with Gasteiger partial charge in [-0.3, -0.25) is 4.98 Å². The Morgan fingerprint density at radius 2 is 2.39 bits per heavy atom. The van der Waals surface area contributed by atoms with Crippen LogP contribution in [0.25, 0.3) is 0 Å². The highest BCUT2D eigenvalue weighted by Gasteiger charge is 2.47. The predicted octanol–water partition coefficient (Wildman–Crippen LogP) is 2.54. The first-order chi connectivity index (χ1) is 8.72. The molecule has 3 unspecified atom stereocenters. The monoisotopic (exact) mass is 246 g/mol. The molecule has 3 heteroatoms. The summed E-state index contributed by atoms with van der Waals surface area (Å²) in [6.07, 6.45) is 7.03. The second kappa shape index (κ2) is 4.63. The SMILES string of the molecule is CCOC1CC2CCC(c3ccc(C)cn3)(C1)N2. The topological polar surface area (TPSA) is 34.1 Å². The molecule has 98 valence electrons. The van der Waals surface area contributed by atoms with Crippen LogP contribution in [0.15, 0.2) is 18.3 Å². The lowest BCUT2D eigenvalue weighted by molar-refractivity contribution is 0.00788. The van der Waals surface area contributed by atoms with Gasteiger partial charge in [0, 0.05) is 18.8 Å². The summed E-state index contributed by atoms with van der Waals surface area (Å²) in [5.74, 6) is 0. The fourth-order valence-corrected chi connectivity index (χ4v) is 3.50. The van der Waals surface area contributed by atoms with Gasteiger partial charge in [0.25, 0.3) is 0 Å². The van der Waals surface area contributed by atoms with Crippen molar-refractivity contribution >= 4 is 0 Å². The molecule has 3 atom stereocenters. The lowest BCUT2D eigenvalue weighted by atomic mass is 9.85. The smallest absolute Gasteiger partial charge is 0.0636 e. The molecule has 0 aromatic carbocycles. The van der Waals surface area contributed by atoms with Crippen LogP contribution in [0.5, 0.6) is 0 Å². The summed E-state index contributed by atoms with van der Waals surface area (Å²) in [7, 11) is 0. The second-order valence-corrected chi connectivity index (χ2v) is 5.70. The molecule has 18 heavy (non-hydrogen) atoms. The van der Waals surface area contributed by atoms with Crippen molar-refractivity contribution < 1.29 is 4.74 Å². The number of nitrogens with zero attached hydrogens (tertiary/aromatic N) is 1. The number of aromatic nitrogens is 1. The molecule has 0 saturated carbocycles. The van der Waals surface area contributed by atoms with Gasteiger partial charge in [-0.25, -0.2) is 0 Å². The number of piperidine rings is 1. The van der Waals surface area contributed by atoms with Crippen LogP contribution >= 0.6 is 0 Å². The zero-order valence-electron chi connectivity index (χ0n) is 11.3. The number of hydrogen-bond acceptors (Lipinski definition) is 3. The summed E-state index contributed by atoms with van der Waals surface area (Å²) in [6, 6.07) is 4.95. The minimum Gasteiger partial charge on any atom is -0.378 e. The lowest BCUT2D eigenvalue weighted by Gasteiger charge is -2.38. The van der Waals surface area contributed by atoms with Crippen LogP contribution in [0.1, 0.15) is 43.9 Å². The van der Waals surface area contributed by atoms with E-state index in [1.165, 1.54) is 24.1 Å². The molecule has 0 amide bonds. The van der Waals surface area contributed by atoms with Crippen LogP contribution in [-0.4, -0.2) is 23.7 Å². The Balaban J connectivity index is 1.86. The van der Waals surface area contributed by atoms with Gasteiger partial charge in [0.1, 0.15) is 0 Å². The summed E-state index contributed by atoms with van der Waals surface area (Å²) < 4.78 is 5.87. The van der Waals surface area contributed by atoms with Gasteiger partial charge in [-0.15, -0.1) is 0 Å². The zero-order chi connectivity index (χ0) is 12.6. The van der Waals surface area contributed by atoms with Gasteiger partial charge in [-0.05, 0) is 51.2 Å². The molecule has 1 N–H and O–H groups in total. The Morgan fingerprint density at radius 3 is 3.11 bits per heavy atom. The van der Waals surface area contributed by atoms with Gasteiger partial charge in [-0.1, -0.05) is 6.07 Å². The van der Waals surface area contributed by atoms with E-state index in [0.717, 1.165) is 19.4 Å². The van der Waals surface area contributed by atoms with E-state index in [2.05, 4.69) is 36.3 Å². The van der Waals surface area contributed by atoms with Crippen molar-refractivity contribution in [1.29, 1.82) is 0 Å². The third-order valence-electron chi connectivity index (χ3n) is 4.33. The molecule has 2 bridgehead atoms. The largest absolute Gasteiger partial charge is 0.378 e. The first-order valence-electron chi connectivity index (χ1n) is 7.04. The van der Waals surface area contributed by atoms with Gasteiger partial charge in [0.15, 0.2) is 0 Å². The van der Waals surface area contributed by atoms with Gasteiger partial charge < -0.3 is 10.1 Å². The van der Waals surface area contributed by atoms with Crippen molar-refractivity contribution in [2.24, 2.45) is 0 Å². The molecule has 3 nitrogen and oxygen atoms in total. The summed E-state index contributed by atoms with van der Waals surface area (Å²) in [5, 5.41) is 3.79. The molecule has 1 aromatic heterocycles. The Morgan fingerprint density at radius 1 is 1.50 bits per heavy atom. The maximum Gasteiger partial charge on any atom is 0.0636 e. The van der Waals surface area contributed by atoms with Crippen molar-refractivity contribution in [3.05, 3.63) is 29.6 Å². The average molecular weight is 246 g/mol. The second-order valence-electron chi connectivity index (χ2n) is 5.70. The molecular weight excluding hydrogens is 224 g/mol. The fourth-order valence-electron chi connectivity index (χ4n) is 3.50. The first-order valence-corrected chi connectivity index (χ1v) is 7.04. The standard InChI is InChI=1S/C15H22N2O/c1-3-18-13-8-12-6-7-15(9-13,17-12)14-5-4-11(2)10-16-14/h4-5,10,12-13,17H,3,6-9H2,1-2H3. The van der Waals surface area contributed by atoms with Crippen LogP contribution < -0.4 is 5.32 Å². The number of rotatable bonds is 3. The summed E-state index contributed by atoms with van der Waals surface area (Å²) >= 11 is 0. The van der Waals surface area contributed by atoms with Crippen molar-refractivity contribution in [3.63, 3.8) is 0 Å². The van der Waals surface area contributed by atoms with E-state index in [9.17, 15) is 0 Å². The number of aryl methyl sites for hydroxylation is 1. The van der Waals surface area contributed by atoms with E-state index in [-0.39, 0.29) is 5.54 Å². The zero-order valence-corrected chi connectivity index (χ0v) is 11.3. The van der Waals surface area contributed by atoms with E-state index in [1.54, 1.807) is 0 Å². The Labute approximate surface area is 109 Å². The number of ether oxygens (including phenoxy) is 1. The highest BCUT2D eigenvalue weighted by Crippen LogP contribution is 2.43. The summed E-state index contributed by atoms with van der Waals surface area (Å²) in [6.45, 7) is 4.98.